The summed E-state index contributed by atoms with van der Waals surface area (Å²) >= 11 is 0.319. The Labute approximate surface area is 63.2 Å². The first-order chi connectivity index (χ1) is 4.13. The van der Waals surface area contributed by atoms with E-state index in [1.165, 1.54) is 0 Å². The molecule has 0 bridgehead atoms. The van der Waals surface area contributed by atoms with Gasteiger partial charge in [-0.05, 0) is 0 Å². The standard InChI is InChI=1S/2C3H5O.Pd/c2*1-3(2)4;/h2*1H2,2H3;. The van der Waals surface area contributed by atoms with E-state index < -0.39 is 0 Å². The van der Waals surface area contributed by atoms with Gasteiger partial charge in [0.05, 0.1) is 0 Å². The summed E-state index contributed by atoms with van der Waals surface area (Å²) in [5.41, 5.74) is 0. The fourth-order valence-electron chi connectivity index (χ4n) is 0.262. The molecule has 0 aliphatic heterocycles. The molecule has 0 aliphatic rings. The number of Topliss-reactive ketones (excluding diaryl/α,β-unsaturated/α-hetero) is 2. The van der Waals surface area contributed by atoms with Crippen LogP contribution in [0.15, 0.2) is 0 Å². The van der Waals surface area contributed by atoms with Crippen molar-refractivity contribution in [2.75, 3.05) is 0 Å². The van der Waals surface area contributed by atoms with Crippen LogP contribution in [0.1, 0.15) is 13.8 Å². The topological polar surface area (TPSA) is 34.1 Å². The van der Waals surface area contributed by atoms with E-state index in [1.807, 2.05) is 0 Å². The molecule has 0 heterocycles. The van der Waals surface area contributed by atoms with E-state index in [9.17, 15) is 9.59 Å². The molecule has 0 rings (SSSR count). The van der Waals surface area contributed by atoms with Crippen LogP contribution in [0.2, 0.25) is 9.79 Å². The van der Waals surface area contributed by atoms with Crippen molar-refractivity contribution in [2.24, 2.45) is 0 Å². The van der Waals surface area contributed by atoms with Crippen LogP contribution in [-0.2, 0) is 27.6 Å². The molecular formula is C6H10O2Pd. The van der Waals surface area contributed by atoms with Crippen LogP contribution in [0.5, 0.6) is 0 Å². The van der Waals surface area contributed by atoms with Gasteiger partial charge in [0.15, 0.2) is 0 Å². The van der Waals surface area contributed by atoms with Crippen LogP contribution in [0.3, 0.4) is 0 Å². The van der Waals surface area contributed by atoms with Crippen LogP contribution >= 0.6 is 0 Å². The molecule has 0 N–H and O–H groups in total. The van der Waals surface area contributed by atoms with E-state index >= 15 is 0 Å². The average molecular weight is 221 g/mol. The molecule has 0 fully saturated rings. The zero-order chi connectivity index (χ0) is 7.28. The predicted molar refractivity (Wildman–Crippen MR) is 31.0 cm³/mol. The van der Waals surface area contributed by atoms with Crippen molar-refractivity contribution in [2.45, 2.75) is 23.6 Å². The molecule has 0 amide bonds. The van der Waals surface area contributed by atoms with Gasteiger partial charge in [0.1, 0.15) is 0 Å². The predicted octanol–water partition coefficient (Wildman–Crippen LogP) is 1.08. The van der Waals surface area contributed by atoms with E-state index in [4.69, 9.17) is 0 Å². The zero-order valence-corrected chi connectivity index (χ0v) is 7.10. The third-order valence-electron chi connectivity index (χ3n) is 0.473. The third-order valence-corrected chi connectivity index (χ3v) is 2.80. The first kappa shape index (κ1) is 9.00. The molecule has 56 valence electrons. The van der Waals surface area contributed by atoms with Crippen LogP contribution in [0, 0.1) is 0 Å². The Morgan fingerprint density at radius 3 is 1.67 bits per heavy atom. The molecule has 3 heteroatoms. The Hall–Kier alpha value is 0.00234. The second-order valence-electron chi connectivity index (χ2n) is 1.79. The monoisotopic (exact) mass is 220 g/mol. The zero-order valence-electron chi connectivity index (χ0n) is 5.55. The van der Waals surface area contributed by atoms with Crippen LogP contribution in [-0.4, -0.2) is 11.6 Å². The molecule has 0 atom stereocenters. The van der Waals surface area contributed by atoms with Crippen molar-refractivity contribution in [1.82, 2.24) is 0 Å². The van der Waals surface area contributed by atoms with E-state index in [0.717, 1.165) is 0 Å². The van der Waals surface area contributed by atoms with Gasteiger partial charge in [-0.25, -0.2) is 0 Å². The molecule has 0 saturated heterocycles. The second kappa shape index (κ2) is 4.84. The van der Waals surface area contributed by atoms with Crippen molar-refractivity contribution in [1.29, 1.82) is 0 Å². The normalized spacial score (nSPS) is 9.56. The number of hydrogen-bond acceptors (Lipinski definition) is 2. The summed E-state index contributed by atoms with van der Waals surface area (Å²) in [7, 11) is 0. The first-order valence-corrected chi connectivity index (χ1v) is 4.76. The second-order valence-corrected chi connectivity index (χ2v) is 3.66. The van der Waals surface area contributed by atoms with Gasteiger partial charge in [0.25, 0.3) is 0 Å². The molecule has 0 spiro atoms. The van der Waals surface area contributed by atoms with Crippen LogP contribution in [0.4, 0.5) is 0 Å². The Balaban J connectivity index is 3.10. The quantitative estimate of drug-likeness (QED) is 0.665. The maximum absolute atomic E-state index is 10.3. The molecular weight excluding hydrogens is 210 g/mol. The fraction of sp³-hybridized carbons (Fsp3) is 0.667. The maximum atomic E-state index is 10.3. The van der Waals surface area contributed by atoms with Gasteiger partial charge in [0.2, 0.25) is 0 Å². The van der Waals surface area contributed by atoms with E-state index in [1.54, 1.807) is 13.8 Å². The average Bonchev–Trinajstić information content (AvgIpc) is 1.63. The number of rotatable bonds is 4. The molecule has 0 saturated carbocycles. The number of carbonyl (C=O) groups is 2. The van der Waals surface area contributed by atoms with Gasteiger partial charge < -0.3 is 0 Å². The summed E-state index contributed by atoms with van der Waals surface area (Å²) in [5.74, 6) is 0.371. The van der Waals surface area contributed by atoms with Gasteiger partial charge in [-0.15, -0.1) is 0 Å². The third kappa shape index (κ3) is 8.00. The molecule has 9 heavy (non-hydrogen) atoms. The molecule has 2 nitrogen and oxygen atoms in total. The van der Waals surface area contributed by atoms with Gasteiger partial charge in [-0.3, -0.25) is 0 Å². The summed E-state index contributed by atoms with van der Waals surface area (Å²) in [5, 5.41) is 0. The van der Waals surface area contributed by atoms with Gasteiger partial charge in [-0.1, -0.05) is 0 Å². The van der Waals surface area contributed by atoms with E-state index in [0.29, 0.717) is 27.8 Å². The van der Waals surface area contributed by atoms with Crippen LogP contribution < -0.4 is 0 Å². The minimum atomic E-state index is 0.185. The van der Waals surface area contributed by atoms with Gasteiger partial charge in [0, 0.05) is 0 Å². The Bertz CT molecular complexity index is 106. The van der Waals surface area contributed by atoms with E-state index in [-0.39, 0.29) is 11.6 Å². The van der Waals surface area contributed by atoms with Crippen molar-refractivity contribution >= 4 is 11.6 Å². The van der Waals surface area contributed by atoms with Crippen molar-refractivity contribution in [3.8, 4) is 0 Å². The van der Waals surface area contributed by atoms with Crippen molar-refractivity contribution in [3.63, 3.8) is 0 Å². The fourth-order valence-corrected chi connectivity index (χ4v) is 1.55. The molecule has 0 aliphatic carbocycles. The van der Waals surface area contributed by atoms with Crippen molar-refractivity contribution < 1.29 is 27.6 Å². The summed E-state index contributed by atoms with van der Waals surface area (Å²) in [6.07, 6.45) is 0. The molecule has 0 unspecified atom stereocenters. The Kier molecular flexibility index (Phi) is 4.84. The molecule has 0 radical (unpaired) electrons. The molecule has 0 aromatic carbocycles. The summed E-state index contributed by atoms with van der Waals surface area (Å²) < 4.78 is 0. The molecule has 0 aromatic heterocycles. The van der Waals surface area contributed by atoms with E-state index in [2.05, 4.69) is 0 Å². The molecule has 0 aromatic rings. The van der Waals surface area contributed by atoms with Crippen molar-refractivity contribution in [3.05, 3.63) is 0 Å². The van der Waals surface area contributed by atoms with Gasteiger partial charge in [-0.2, -0.15) is 0 Å². The first-order valence-electron chi connectivity index (χ1n) is 2.56. The van der Waals surface area contributed by atoms with Crippen LogP contribution in [0.25, 0.3) is 0 Å². The summed E-state index contributed by atoms with van der Waals surface area (Å²) in [6, 6.07) is 0. The SMILES string of the molecule is CC(=O)[CH2][Pd][CH2]C(C)=O. The number of hydrogen-bond donors (Lipinski definition) is 0. The van der Waals surface area contributed by atoms with Gasteiger partial charge >= 0.3 is 62.8 Å². The minimum absolute atomic E-state index is 0.185. The Morgan fingerprint density at radius 2 is 1.44 bits per heavy atom. The number of carbonyl (C=O) groups excluding carboxylic acids is 2. The summed E-state index contributed by atoms with van der Waals surface area (Å²) in [6.45, 7) is 3.11. The Morgan fingerprint density at radius 1 is 1.11 bits per heavy atom. The number of ketones is 2. The summed E-state index contributed by atoms with van der Waals surface area (Å²) in [4.78, 5) is 21.8.